The molecule has 3 N–H and O–H groups in total. The molecule has 1 saturated carbocycles. The molecule has 1 fully saturated rings. The topological polar surface area (TPSA) is 98.3 Å². The van der Waals surface area contributed by atoms with E-state index in [2.05, 4.69) is 0 Å². The molecule has 1 aromatic carbocycles. The molecule has 0 saturated heterocycles. The number of rotatable bonds is 3. The van der Waals surface area contributed by atoms with E-state index < -0.39 is 28.2 Å². The van der Waals surface area contributed by atoms with Gasteiger partial charge in [0.1, 0.15) is 5.54 Å². The monoisotopic (exact) mass is 289 g/mol. The lowest BCUT2D eigenvalue weighted by Crippen LogP contribution is -2.48. The number of alkyl halides is 3. The van der Waals surface area contributed by atoms with Crippen LogP contribution in [0.2, 0.25) is 0 Å². The van der Waals surface area contributed by atoms with Gasteiger partial charge in [0, 0.05) is 17.8 Å². The third-order valence-electron chi connectivity index (χ3n) is 3.14. The van der Waals surface area contributed by atoms with Crippen LogP contribution < -0.4 is 11.1 Å². The van der Waals surface area contributed by atoms with Crippen LogP contribution in [0.15, 0.2) is 18.2 Å². The number of carbonyl (C=O) groups is 1. The minimum absolute atomic E-state index is 0.119. The van der Waals surface area contributed by atoms with Crippen molar-refractivity contribution >= 4 is 17.3 Å². The Bertz CT molecular complexity index is 582. The Kier molecular flexibility index (Phi) is 3.07. The van der Waals surface area contributed by atoms with E-state index in [1.165, 1.54) is 0 Å². The van der Waals surface area contributed by atoms with E-state index in [9.17, 15) is 28.1 Å². The number of nitrogen functional groups attached to an aromatic ring is 1. The first-order valence-electron chi connectivity index (χ1n) is 5.59. The van der Waals surface area contributed by atoms with Gasteiger partial charge in [-0.15, -0.1) is 0 Å². The molecular formula is C11H10F3N3O3. The van der Waals surface area contributed by atoms with Crippen LogP contribution in [0, 0.1) is 10.1 Å². The summed E-state index contributed by atoms with van der Waals surface area (Å²) in [6.07, 6.45) is -4.98. The quantitative estimate of drug-likeness (QED) is 0.505. The van der Waals surface area contributed by atoms with Crippen LogP contribution in [0.1, 0.15) is 23.2 Å². The number of non-ortho nitro benzene ring substituents is 1. The Morgan fingerprint density at radius 3 is 2.45 bits per heavy atom. The second-order valence-electron chi connectivity index (χ2n) is 4.56. The number of nitro benzene ring substituents is 1. The number of amides is 1. The number of hydrogen-bond acceptors (Lipinski definition) is 4. The zero-order valence-corrected chi connectivity index (χ0v) is 10.0. The Hall–Kier alpha value is -2.32. The van der Waals surface area contributed by atoms with Crippen LogP contribution in [0.4, 0.5) is 24.5 Å². The Labute approximate surface area is 110 Å². The highest BCUT2D eigenvalue weighted by Crippen LogP contribution is 2.49. The van der Waals surface area contributed by atoms with Crippen LogP contribution in [0.25, 0.3) is 0 Å². The molecule has 0 aliphatic heterocycles. The van der Waals surface area contributed by atoms with Gasteiger partial charge in [-0.1, -0.05) is 0 Å². The van der Waals surface area contributed by atoms with E-state index in [0.717, 1.165) is 18.2 Å². The molecule has 1 aromatic rings. The van der Waals surface area contributed by atoms with Crippen molar-refractivity contribution in [2.45, 2.75) is 24.6 Å². The van der Waals surface area contributed by atoms with E-state index in [1.54, 1.807) is 0 Å². The van der Waals surface area contributed by atoms with Crippen molar-refractivity contribution in [3.63, 3.8) is 0 Å². The molecular weight excluding hydrogens is 279 g/mol. The molecule has 6 nitrogen and oxygen atoms in total. The first-order chi connectivity index (χ1) is 9.16. The summed E-state index contributed by atoms with van der Waals surface area (Å²) in [5, 5.41) is 12.5. The molecule has 0 atom stereocenters. The largest absolute Gasteiger partial charge is 0.411 e. The molecule has 1 aliphatic rings. The third-order valence-corrected chi connectivity index (χ3v) is 3.14. The molecule has 9 heteroatoms. The summed E-state index contributed by atoms with van der Waals surface area (Å²) in [6, 6.07) is 3.04. The van der Waals surface area contributed by atoms with Crippen LogP contribution in [0.5, 0.6) is 0 Å². The standard InChI is InChI=1S/C11H10F3N3O3/c12-11(13,14)10(3-4-10)16-9(18)7-5-6(17(19)20)1-2-8(7)15/h1-2,5H,3-4,15H2,(H,16,18). The number of nitrogens with one attached hydrogen (secondary N) is 1. The van der Waals surface area contributed by atoms with Crippen molar-refractivity contribution in [3.05, 3.63) is 33.9 Å². The van der Waals surface area contributed by atoms with Crippen LogP contribution in [-0.4, -0.2) is 22.5 Å². The second-order valence-corrected chi connectivity index (χ2v) is 4.56. The zero-order valence-electron chi connectivity index (χ0n) is 10.0. The van der Waals surface area contributed by atoms with Gasteiger partial charge in [0.2, 0.25) is 0 Å². The molecule has 108 valence electrons. The highest BCUT2D eigenvalue weighted by molar-refractivity contribution is 6.00. The first-order valence-corrected chi connectivity index (χ1v) is 5.59. The molecule has 0 heterocycles. The fourth-order valence-electron chi connectivity index (χ4n) is 1.74. The molecule has 0 unspecified atom stereocenters. The van der Waals surface area contributed by atoms with E-state index >= 15 is 0 Å². The highest BCUT2D eigenvalue weighted by atomic mass is 19.4. The molecule has 1 aliphatic carbocycles. The van der Waals surface area contributed by atoms with E-state index in [-0.39, 0.29) is 24.1 Å². The fraction of sp³-hybridized carbons (Fsp3) is 0.364. The molecule has 0 aromatic heterocycles. The molecule has 0 spiro atoms. The molecule has 1 amide bonds. The number of anilines is 1. The summed E-state index contributed by atoms with van der Waals surface area (Å²) in [5.41, 5.74) is 2.37. The van der Waals surface area contributed by atoms with Crippen molar-refractivity contribution in [2.75, 3.05) is 5.73 Å². The Morgan fingerprint density at radius 2 is 2.00 bits per heavy atom. The average Bonchev–Trinajstić information content (AvgIpc) is 3.09. The maximum Gasteiger partial charge on any atom is 0.411 e. The van der Waals surface area contributed by atoms with Crippen molar-refractivity contribution < 1.29 is 22.9 Å². The lowest BCUT2D eigenvalue weighted by molar-refractivity contribution is -0.384. The Morgan fingerprint density at radius 1 is 1.40 bits per heavy atom. The van der Waals surface area contributed by atoms with Gasteiger partial charge in [-0.3, -0.25) is 14.9 Å². The number of benzene rings is 1. The van der Waals surface area contributed by atoms with E-state index in [1.807, 2.05) is 5.32 Å². The van der Waals surface area contributed by atoms with Crippen molar-refractivity contribution in [3.8, 4) is 0 Å². The Balaban J connectivity index is 2.26. The lowest BCUT2D eigenvalue weighted by Gasteiger charge is -2.21. The van der Waals surface area contributed by atoms with Gasteiger partial charge in [0.15, 0.2) is 0 Å². The number of carbonyl (C=O) groups excluding carboxylic acids is 1. The smallest absolute Gasteiger partial charge is 0.398 e. The summed E-state index contributed by atoms with van der Waals surface area (Å²) in [7, 11) is 0. The minimum atomic E-state index is -4.56. The SMILES string of the molecule is Nc1ccc([N+](=O)[O-])cc1C(=O)NC1(C(F)(F)F)CC1. The van der Waals surface area contributed by atoms with Crippen LogP contribution in [0.3, 0.4) is 0 Å². The van der Waals surface area contributed by atoms with Gasteiger partial charge in [-0.25, -0.2) is 0 Å². The number of nitrogens with two attached hydrogens (primary N) is 1. The number of nitrogens with zero attached hydrogens (tertiary/aromatic N) is 1. The summed E-state index contributed by atoms with van der Waals surface area (Å²) in [4.78, 5) is 21.7. The zero-order chi connectivity index (χ0) is 15.1. The maximum absolute atomic E-state index is 12.7. The van der Waals surface area contributed by atoms with Crippen molar-refractivity contribution in [1.82, 2.24) is 5.32 Å². The van der Waals surface area contributed by atoms with Crippen molar-refractivity contribution in [2.24, 2.45) is 0 Å². The molecule has 20 heavy (non-hydrogen) atoms. The summed E-state index contributed by atoms with van der Waals surface area (Å²) < 4.78 is 38.2. The normalized spacial score (nSPS) is 16.6. The summed E-state index contributed by atoms with van der Waals surface area (Å²) >= 11 is 0. The van der Waals surface area contributed by atoms with Gasteiger partial charge in [0.25, 0.3) is 11.6 Å². The predicted octanol–water partition coefficient (Wildman–Crippen LogP) is 2.00. The number of hydrogen-bond donors (Lipinski definition) is 2. The molecule has 0 bridgehead atoms. The second kappa shape index (κ2) is 4.36. The van der Waals surface area contributed by atoms with E-state index in [0.29, 0.717) is 0 Å². The van der Waals surface area contributed by atoms with E-state index in [4.69, 9.17) is 5.73 Å². The van der Waals surface area contributed by atoms with Gasteiger partial charge in [-0.05, 0) is 18.9 Å². The van der Waals surface area contributed by atoms with Crippen LogP contribution in [-0.2, 0) is 0 Å². The van der Waals surface area contributed by atoms with Crippen LogP contribution >= 0.6 is 0 Å². The maximum atomic E-state index is 12.7. The van der Waals surface area contributed by atoms with Gasteiger partial charge in [0.05, 0.1) is 10.5 Å². The highest BCUT2D eigenvalue weighted by Gasteiger charge is 2.64. The first kappa shape index (κ1) is 14.1. The number of nitro groups is 1. The van der Waals surface area contributed by atoms with Gasteiger partial charge in [-0.2, -0.15) is 13.2 Å². The minimum Gasteiger partial charge on any atom is -0.398 e. The predicted molar refractivity (Wildman–Crippen MR) is 63.0 cm³/mol. The molecule has 0 radical (unpaired) electrons. The average molecular weight is 289 g/mol. The number of halogens is 3. The third kappa shape index (κ3) is 2.38. The summed E-state index contributed by atoms with van der Waals surface area (Å²) in [5.74, 6) is -1.07. The molecule has 2 rings (SSSR count). The van der Waals surface area contributed by atoms with Crippen molar-refractivity contribution in [1.29, 1.82) is 0 Å². The van der Waals surface area contributed by atoms with Gasteiger partial charge < -0.3 is 11.1 Å². The fourth-order valence-corrected chi connectivity index (χ4v) is 1.74. The van der Waals surface area contributed by atoms with Gasteiger partial charge >= 0.3 is 6.18 Å². The lowest BCUT2D eigenvalue weighted by atomic mass is 10.1. The summed E-state index contributed by atoms with van der Waals surface area (Å²) in [6.45, 7) is 0.